The largest absolute Gasteiger partial charge is 0.382 e. The van der Waals surface area contributed by atoms with Crippen LogP contribution in [0.4, 0.5) is 10.9 Å². The van der Waals surface area contributed by atoms with Crippen molar-refractivity contribution in [1.82, 2.24) is 9.88 Å². The summed E-state index contributed by atoms with van der Waals surface area (Å²) in [4.78, 5) is 21.5. The molecule has 20 heavy (non-hydrogen) atoms. The molecule has 0 radical (unpaired) electrons. The molecule has 0 aromatic carbocycles. The third-order valence-electron chi connectivity index (χ3n) is 3.73. The van der Waals surface area contributed by atoms with Crippen molar-refractivity contribution >= 4 is 28.2 Å². The van der Waals surface area contributed by atoms with Crippen molar-refractivity contribution in [1.29, 1.82) is 0 Å². The van der Waals surface area contributed by atoms with Gasteiger partial charge in [0.25, 0.3) is 5.91 Å². The van der Waals surface area contributed by atoms with Gasteiger partial charge in [-0.05, 0) is 25.7 Å². The average molecular weight is 296 g/mol. The fourth-order valence-electron chi connectivity index (χ4n) is 2.70. The van der Waals surface area contributed by atoms with Gasteiger partial charge in [0.1, 0.15) is 10.7 Å². The number of amides is 1. The van der Waals surface area contributed by atoms with Crippen LogP contribution in [0.15, 0.2) is 0 Å². The molecule has 1 unspecified atom stereocenters. The zero-order chi connectivity index (χ0) is 14.7. The topological polar surface area (TPSA) is 62.5 Å². The Morgan fingerprint density at radius 1 is 1.50 bits per heavy atom. The van der Waals surface area contributed by atoms with Crippen molar-refractivity contribution < 1.29 is 4.79 Å². The lowest BCUT2D eigenvalue weighted by Gasteiger charge is -2.35. The Morgan fingerprint density at radius 2 is 2.25 bits per heavy atom. The van der Waals surface area contributed by atoms with Gasteiger partial charge in [0.05, 0.1) is 0 Å². The van der Waals surface area contributed by atoms with Gasteiger partial charge >= 0.3 is 0 Å². The second-order valence-electron chi connectivity index (χ2n) is 5.54. The van der Waals surface area contributed by atoms with E-state index in [1.54, 1.807) is 0 Å². The van der Waals surface area contributed by atoms with Crippen LogP contribution in [0.1, 0.15) is 48.7 Å². The first-order valence-electron chi connectivity index (χ1n) is 7.29. The van der Waals surface area contributed by atoms with Gasteiger partial charge in [-0.15, -0.1) is 0 Å². The van der Waals surface area contributed by atoms with E-state index in [2.05, 4.69) is 11.9 Å². The summed E-state index contributed by atoms with van der Waals surface area (Å²) in [7, 11) is 3.82. The molecule has 1 aromatic rings. The van der Waals surface area contributed by atoms with Crippen LogP contribution < -0.4 is 10.6 Å². The number of piperidine rings is 1. The first kappa shape index (κ1) is 15.1. The number of carbonyl (C=O) groups excluding carboxylic acids is 1. The molecule has 0 spiro atoms. The van der Waals surface area contributed by atoms with Gasteiger partial charge < -0.3 is 15.5 Å². The lowest BCUT2D eigenvalue weighted by atomic mass is 9.98. The highest BCUT2D eigenvalue weighted by Crippen LogP contribution is 2.30. The van der Waals surface area contributed by atoms with E-state index in [-0.39, 0.29) is 5.91 Å². The molecule has 2 N–H and O–H groups in total. The molecule has 1 atom stereocenters. The number of rotatable bonds is 4. The lowest BCUT2D eigenvalue weighted by molar-refractivity contribution is 0.0606. The Bertz CT molecular complexity index is 470. The van der Waals surface area contributed by atoms with E-state index in [9.17, 15) is 4.79 Å². The van der Waals surface area contributed by atoms with Crippen LogP contribution >= 0.6 is 11.3 Å². The molecule has 2 heterocycles. The second kappa shape index (κ2) is 6.43. The van der Waals surface area contributed by atoms with Crippen molar-refractivity contribution in [3.8, 4) is 0 Å². The van der Waals surface area contributed by atoms with E-state index in [1.165, 1.54) is 17.8 Å². The number of nitrogens with zero attached hydrogens (tertiary/aromatic N) is 3. The number of hydrogen-bond donors (Lipinski definition) is 1. The van der Waals surface area contributed by atoms with Gasteiger partial charge in [0.2, 0.25) is 0 Å². The number of nitrogens with two attached hydrogens (primary N) is 1. The molecule has 1 aliphatic rings. The first-order chi connectivity index (χ1) is 9.54. The maximum Gasteiger partial charge on any atom is 0.268 e. The minimum absolute atomic E-state index is 0.0613. The Kier molecular flexibility index (Phi) is 4.86. The highest BCUT2D eigenvalue weighted by atomic mass is 32.1. The van der Waals surface area contributed by atoms with Crippen LogP contribution in [0, 0.1) is 0 Å². The maximum absolute atomic E-state index is 12.7. The van der Waals surface area contributed by atoms with Crippen LogP contribution in [0.2, 0.25) is 0 Å². The van der Waals surface area contributed by atoms with E-state index in [0.717, 1.165) is 37.4 Å². The van der Waals surface area contributed by atoms with Crippen molar-refractivity contribution in [2.45, 2.75) is 45.1 Å². The van der Waals surface area contributed by atoms with Crippen molar-refractivity contribution in [3.63, 3.8) is 0 Å². The SMILES string of the molecule is CCCC1CCCCN1C(=O)c1sc(N(C)C)nc1N. The van der Waals surface area contributed by atoms with E-state index >= 15 is 0 Å². The van der Waals surface area contributed by atoms with Crippen molar-refractivity contribution in [2.75, 3.05) is 31.3 Å². The summed E-state index contributed by atoms with van der Waals surface area (Å²) in [6.07, 6.45) is 5.60. The average Bonchev–Trinajstić information content (AvgIpc) is 2.81. The number of aromatic nitrogens is 1. The highest BCUT2D eigenvalue weighted by molar-refractivity contribution is 7.18. The summed E-state index contributed by atoms with van der Waals surface area (Å²) in [5.74, 6) is 0.427. The Balaban J connectivity index is 2.20. The number of carbonyl (C=O) groups is 1. The molecule has 6 heteroatoms. The fraction of sp³-hybridized carbons (Fsp3) is 0.714. The Labute approximate surface area is 124 Å². The van der Waals surface area contributed by atoms with Gasteiger partial charge in [-0.1, -0.05) is 24.7 Å². The molecular formula is C14H24N4OS. The van der Waals surface area contributed by atoms with Crippen LogP contribution in [0.25, 0.3) is 0 Å². The molecule has 112 valence electrons. The minimum atomic E-state index is 0.0613. The van der Waals surface area contributed by atoms with Crippen molar-refractivity contribution in [2.24, 2.45) is 0 Å². The van der Waals surface area contributed by atoms with Gasteiger partial charge in [0.15, 0.2) is 5.13 Å². The van der Waals surface area contributed by atoms with E-state index < -0.39 is 0 Å². The molecule has 2 rings (SSSR count). The number of anilines is 2. The fourth-order valence-corrected chi connectivity index (χ4v) is 3.56. The second-order valence-corrected chi connectivity index (χ2v) is 6.52. The lowest BCUT2D eigenvalue weighted by Crippen LogP contribution is -2.43. The summed E-state index contributed by atoms with van der Waals surface area (Å²) in [5, 5.41) is 0.787. The van der Waals surface area contributed by atoms with Gasteiger partial charge in [0, 0.05) is 26.7 Å². The summed E-state index contributed by atoms with van der Waals surface area (Å²) in [6, 6.07) is 0.366. The maximum atomic E-state index is 12.7. The van der Waals surface area contributed by atoms with Gasteiger partial charge in [-0.3, -0.25) is 4.79 Å². The smallest absolute Gasteiger partial charge is 0.268 e. The quantitative estimate of drug-likeness (QED) is 0.927. The molecule has 1 aliphatic heterocycles. The third-order valence-corrected chi connectivity index (χ3v) is 4.96. The first-order valence-corrected chi connectivity index (χ1v) is 8.10. The van der Waals surface area contributed by atoms with E-state index in [4.69, 9.17) is 5.73 Å². The number of nitrogen functional groups attached to an aromatic ring is 1. The molecule has 1 fully saturated rings. The normalized spacial score (nSPS) is 19.1. The summed E-state index contributed by atoms with van der Waals surface area (Å²) in [6.45, 7) is 3.01. The zero-order valence-corrected chi connectivity index (χ0v) is 13.4. The van der Waals surface area contributed by atoms with E-state index in [0.29, 0.717) is 16.7 Å². The zero-order valence-electron chi connectivity index (χ0n) is 12.6. The molecule has 5 nitrogen and oxygen atoms in total. The van der Waals surface area contributed by atoms with Crippen LogP contribution in [0.5, 0.6) is 0 Å². The van der Waals surface area contributed by atoms with Crippen LogP contribution in [0.3, 0.4) is 0 Å². The Morgan fingerprint density at radius 3 is 2.85 bits per heavy atom. The van der Waals surface area contributed by atoms with Gasteiger partial charge in [-0.2, -0.15) is 0 Å². The molecule has 1 aromatic heterocycles. The molecule has 1 amide bonds. The Hall–Kier alpha value is -1.30. The standard InChI is InChI=1S/C14H24N4OS/c1-4-7-10-8-5-6-9-18(10)13(19)11-12(15)16-14(20-11)17(2)3/h10H,4-9,15H2,1-3H3. The van der Waals surface area contributed by atoms with Crippen LogP contribution in [-0.2, 0) is 0 Å². The van der Waals surface area contributed by atoms with Crippen LogP contribution in [-0.4, -0.2) is 42.5 Å². The highest BCUT2D eigenvalue weighted by Gasteiger charge is 2.29. The minimum Gasteiger partial charge on any atom is -0.382 e. The number of thiazole rings is 1. The summed E-state index contributed by atoms with van der Waals surface area (Å²) < 4.78 is 0. The summed E-state index contributed by atoms with van der Waals surface area (Å²) in [5.41, 5.74) is 5.93. The molecular weight excluding hydrogens is 272 g/mol. The molecule has 1 saturated heterocycles. The van der Waals surface area contributed by atoms with Gasteiger partial charge in [-0.25, -0.2) is 4.98 Å². The number of hydrogen-bond acceptors (Lipinski definition) is 5. The monoisotopic (exact) mass is 296 g/mol. The predicted molar refractivity (Wildman–Crippen MR) is 84.4 cm³/mol. The molecule has 0 saturated carbocycles. The van der Waals surface area contributed by atoms with E-state index in [1.807, 2.05) is 23.9 Å². The summed E-state index contributed by atoms with van der Waals surface area (Å²) >= 11 is 1.39. The number of likely N-dealkylation sites (tertiary alicyclic amines) is 1. The molecule has 0 aliphatic carbocycles. The predicted octanol–water partition coefficient (Wildman–Crippen LogP) is 2.59. The third kappa shape index (κ3) is 3.06. The molecule has 0 bridgehead atoms. The van der Waals surface area contributed by atoms with Crippen molar-refractivity contribution in [3.05, 3.63) is 4.88 Å².